The van der Waals surface area contributed by atoms with E-state index in [9.17, 15) is 0 Å². The standard InChI is InChI=1S/C22H21N5O4/c1-27-15-10-13-11-16(29-3)20(30-4)21(31-5)18(13)17(19(15)24-22(27)25-26-23)12-6-8-14(28-2)9-7-12/h6-11H,1-5H3. The molecule has 0 saturated heterocycles. The molecule has 0 amide bonds. The Morgan fingerprint density at radius 3 is 2.23 bits per heavy atom. The van der Waals surface area contributed by atoms with Gasteiger partial charge in [0, 0.05) is 22.9 Å². The van der Waals surface area contributed by atoms with Crippen molar-refractivity contribution in [2.24, 2.45) is 12.2 Å². The van der Waals surface area contributed by atoms with Gasteiger partial charge in [0.15, 0.2) is 17.4 Å². The van der Waals surface area contributed by atoms with Crippen molar-refractivity contribution in [2.45, 2.75) is 0 Å². The lowest BCUT2D eigenvalue weighted by Crippen LogP contribution is -1.98. The maximum atomic E-state index is 8.96. The molecule has 0 bridgehead atoms. The van der Waals surface area contributed by atoms with Crippen LogP contribution in [0.15, 0.2) is 41.5 Å². The Kier molecular flexibility index (Phi) is 5.19. The highest BCUT2D eigenvalue weighted by molar-refractivity contribution is 6.14. The van der Waals surface area contributed by atoms with Crippen LogP contribution in [0.2, 0.25) is 0 Å². The van der Waals surface area contributed by atoms with E-state index in [1.165, 1.54) is 0 Å². The Morgan fingerprint density at radius 1 is 0.935 bits per heavy atom. The number of nitrogens with zero attached hydrogens (tertiary/aromatic N) is 5. The zero-order chi connectivity index (χ0) is 22.1. The number of azide groups is 1. The molecule has 4 rings (SSSR count). The SMILES string of the molecule is COc1ccc(-c2c3nc(N=[N+]=[N-])n(C)c3cc3cc(OC)c(OC)c(OC)c23)cc1. The third kappa shape index (κ3) is 3.12. The monoisotopic (exact) mass is 419 g/mol. The third-order valence-corrected chi connectivity index (χ3v) is 5.27. The van der Waals surface area contributed by atoms with Gasteiger partial charge in [-0.05, 0) is 45.9 Å². The van der Waals surface area contributed by atoms with E-state index in [0.29, 0.717) is 22.8 Å². The lowest BCUT2D eigenvalue weighted by Gasteiger charge is -2.18. The van der Waals surface area contributed by atoms with Crippen LogP contribution in [-0.2, 0) is 7.05 Å². The van der Waals surface area contributed by atoms with Gasteiger partial charge in [0.2, 0.25) is 5.75 Å². The normalized spacial score (nSPS) is 10.7. The number of aryl methyl sites for hydroxylation is 1. The summed E-state index contributed by atoms with van der Waals surface area (Å²) >= 11 is 0. The molecule has 0 saturated carbocycles. The molecule has 0 radical (unpaired) electrons. The number of ether oxygens (including phenoxy) is 4. The molecule has 0 fully saturated rings. The van der Waals surface area contributed by atoms with Crippen molar-refractivity contribution in [1.29, 1.82) is 0 Å². The molecule has 0 aliphatic rings. The molecule has 9 nitrogen and oxygen atoms in total. The van der Waals surface area contributed by atoms with Gasteiger partial charge in [-0.3, -0.25) is 0 Å². The first kappa shape index (κ1) is 20.2. The number of hydrogen-bond donors (Lipinski definition) is 0. The Morgan fingerprint density at radius 2 is 1.65 bits per heavy atom. The van der Waals surface area contributed by atoms with Crippen LogP contribution in [0.1, 0.15) is 0 Å². The first-order chi connectivity index (χ1) is 15.1. The first-order valence-corrected chi connectivity index (χ1v) is 9.39. The Labute approximate surface area is 178 Å². The van der Waals surface area contributed by atoms with E-state index in [1.807, 2.05) is 36.4 Å². The predicted molar refractivity (Wildman–Crippen MR) is 119 cm³/mol. The molecule has 1 aromatic heterocycles. The van der Waals surface area contributed by atoms with Gasteiger partial charge in [0.25, 0.3) is 0 Å². The summed E-state index contributed by atoms with van der Waals surface area (Å²) in [6, 6.07) is 11.5. The lowest BCUT2D eigenvalue weighted by molar-refractivity contribution is 0.327. The van der Waals surface area contributed by atoms with Crippen molar-refractivity contribution in [3.05, 3.63) is 46.8 Å². The molecule has 0 spiro atoms. The fourth-order valence-electron chi connectivity index (χ4n) is 3.83. The van der Waals surface area contributed by atoms with Crippen LogP contribution in [0.5, 0.6) is 23.0 Å². The van der Waals surface area contributed by atoms with E-state index in [4.69, 9.17) is 24.5 Å². The highest BCUT2D eigenvalue weighted by Gasteiger charge is 2.23. The molecule has 0 aliphatic heterocycles. The fraction of sp³-hybridized carbons (Fsp3) is 0.227. The molecule has 0 unspecified atom stereocenters. The van der Waals surface area contributed by atoms with Crippen molar-refractivity contribution >= 4 is 27.8 Å². The van der Waals surface area contributed by atoms with Crippen molar-refractivity contribution in [3.63, 3.8) is 0 Å². The fourth-order valence-corrected chi connectivity index (χ4v) is 3.83. The lowest BCUT2D eigenvalue weighted by atomic mass is 9.95. The smallest absolute Gasteiger partial charge is 0.203 e. The van der Waals surface area contributed by atoms with Crippen LogP contribution in [0, 0.1) is 0 Å². The van der Waals surface area contributed by atoms with Crippen LogP contribution < -0.4 is 18.9 Å². The van der Waals surface area contributed by atoms with E-state index in [1.54, 1.807) is 40.1 Å². The van der Waals surface area contributed by atoms with Crippen molar-refractivity contribution < 1.29 is 18.9 Å². The van der Waals surface area contributed by atoms with Gasteiger partial charge in [-0.1, -0.05) is 12.1 Å². The van der Waals surface area contributed by atoms with E-state index in [-0.39, 0.29) is 5.95 Å². The molecule has 3 aromatic carbocycles. The number of fused-ring (bicyclic) bond motifs is 2. The van der Waals surface area contributed by atoms with Crippen LogP contribution in [0.3, 0.4) is 0 Å². The Hall–Kier alpha value is -4.10. The summed E-state index contributed by atoms with van der Waals surface area (Å²) in [5.74, 6) is 2.56. The minimum absolute atomic E-state index is 0.264. The molecule has 31 heavy (non-hydrogen) atoms. The molecule has 0 atom stereocenters. The summed E-state index contributed by atoms with van der Waals surface area (Å²) in [5, 5.41) is 5.41. The maximum Gasteiger partial charge on any atom is 0.203 e. The number of rotatable bonds is 6. The molecular formula is C22H21N5O4. The summed E-state index contributed by atoms with van der Waals surface area (Å²) in [4.78, 5) is 7.53. The molecular weight excluding hydrogens is 398 g/mol. The zero-order valence-electron chi connectivity index (χ0n) is 17.8. The average molecular weight is 419 g/mol. The van der Waals surface area contributed by atoms with Crippen molar-refractivity contribution in [3.8, 4) is 34.1 Å². The minimum atomic E-state index is 0.264. The molecule has 4 aromatic rings. The van der Waals surface area contributed by atoms with Crippen molar-refractivity contribution in [1.82, 2.24) is 9.55 Å². The van der Waals surface area contributed by atoms with Gasteiger partial charge in [0.1, 0.15) is 5.75 Å². The van der Waals surface area contributed by atoms with Crippen molar-refractivity contribution in [2.75, 3.05) is 28.4 Å². The number of benzene rings is 3. The summed E-state index contributed by atoms with van der Waals surface area (Å²) in [6.07, 6.45) is 0. The second kappa shape index (κ2) is 7.97. The molecule has 158 valence electrons. The van der Waals surface area contributed by atoms with E-state index in [0.717, 1.165) is 33.2 Å². The highest BCUT2D eigenvalue weighted by atomic mass is 16.5. The van der Waals surface area contributed by atoms with Gasteiger partial charge < -0.3 is 23.5 Å². The Bertz CT molecular complexity index is 1340. The number of aromatic nitrogens is 2. The zero-order valence-corrected chi connectivity index (χ0v) is 17.8. The molecule has 1 heterocycles. The van der Waals surface area contributed by atoms with Crippen LogP contribution in [0.4, 0.5) is 5.95 Å². The highest BCUT2D eigenvalue weighted by Crippen LogP contribution is 2.49. The number of methoxy groups -OCH3 is 4. The van der Waals surface area contributed by atoms with Gasteiger partial charge in [0.05, 0.1) is 39.5 Å². The summed E-state index contributed by atoms with van der Waals surface area (Å²) < 4.78 is 24.0. The van der Waals surface area contributed by atoms with Crippen LogP contribution in [0.25, 0.3) is 43.4 Å². The molecule has 0 aliphatic carbocycles. The first-order valence-electron chi connectivity index (χ1n) is 9.39. The average Bonchev–Trinajstić information content (AvgIpc) is 3.11. The van der Waals surface area contributed by atoms with E-state index in [2.05, 4.69) is 15.0 Å². The second-order valence-corrected chi connectivity index (χ2v) is 6.75. The third-order valence-electron chi connectivity index (χ3n) is 5.27. The molecule has 0 N–H and O–H groups in total. The minimum Gasteiger partial charge on any atom is -0.497 e. The number of hydrogen-bond acceptors (Lipinski definition) is 6. The van der Waals surface area contributed by atoms with E-state index >= 15 is 0 Å². The van der Waals surface area contributed by atoms with Gasteiger partial charge in [-0.2, -0.15) is 0 Å². The van der Waals surface area contributed by atoms with Crippen LogP contribution in [-0.4, -0.2) is 38.0 Å². The predicted octanol–water partition coefficient (Wildman–Crippen LogP) is 5.37. The Balaban J connectivity index is 2.24. The topological polar surface area (TPSA) is 104 Å². The van der Waals surface area contributed by atoms with Gasteiger partial charge in [-0.15, -0.1) is 0 Å². The summed E-state index contributed by atoms with van der Waals surface area (Å²) in [5.41, 5.74) is 12.2. The quantitative estimate of drug-likeness (QED) is 0.237. The summed E-state index contributed by atoms with van der Waals surface area (Å²) in [7, 11) is 8.16. The van der Waals surface area contributed by atoms with Gasteiger partial charge >= 0.3 is 0 Å². The maximum absolute atomic E-state index is 8.96. The number of imidazole rings is 1. The van der Waals surface area contributed by atoms with E-state index < -0.39 is 0 Å². The second-order valence-electron chi connectivity index (χ2n) is 6.75. The largest absolute Gasteiger partial charge is 0.497 e. The summed E-state index contributed by atoms with van der Waals surface area (Å²) in [6.45, 7) is 0. The molecule has 9 heteroatoms. The van der Waals surface area contributed by atoms with Crippen LogP contribution >= 0.6 is 0 Å². The van der Waals surface area contributed by atoms with Gasteiger partial charge in [-0.25, -0.2) is 4.98 Å².